The second-order valence-electron chi connectivity index (χ2n) is 6.24. The summed E-state index contributed by atoms with van der Waals surface area (Å²) >= 11 is 0. The summed E-state index contributed by atoms with van der Waals surface area (Å²) in [6, 6.07) is 11.3. The Hall–Kier alpha value is -2.64. The molecule has 0 spiro atoms. The van der Waals surface area contributed by atoms with E-state index in [2.05, 4.69) is 18.7 Å². The van der Waals surface area contributed by atoms with E-state index in [0.717, 1.165) is 29.7 Å². The fourth-order valence-electron chi connectivity index (χ4n) is 3.26. The second-order valence-corrected chi connectivity index (χ2v) is 7.66. The molecule has 0 atom stereocenters. The minimum absolute atomic E-state index is 0.224. The first kappa shape index (κ1) is 19.1. The van der Waals surface area contributed by atoms with E-state index in [9.17, 15) is 13.2 Å². The Morgan fingerprint density at radius 3 is 2.22 bits per heavy atom. The van der Waals surface area contributed by atoms with Crippen LogP contribution in [0.5, 0.6) is 0 Å². The highest BCUT2D eigenvalue weighted by molar-refractivity contribution is 7.85. The first-order chi connectivity index (χ1) is 12.8. The van der Waals surface area contributed by atoms with Crippen LogP contribution in [0.2, 0.25) is 0 Å². The average molecular weight is 387 g/mol. The Morgan fingerprint density at radius 1 is 1.04 bits per heavy atom. The number of fused-ring (bicyclic) bond motifs is 1. The third-order valence-corrected chi connectivity index (χ3v) is 5.59. The van der Waals surface area contributed by atoms with Gasteiger partial charge in [-0.05, 0) is 56.2 Å². The van der Waals surface area contributed by atoms with E-state index < -0.39 is 15.7 Å². The number of nitrogens with zero attached hydrogens (tertiary/aromatic N) is 1. The normalized spacial score (nSPS) is 11.7. The van der Waals surface area contributed by atoms with E-state index in [-0.39, 0.29) is 4.90 Å². The predicted octanol–water partition coefficient (Wildman–Crippen LogP) is 3.86. The van der Waals surface area contributed by atoms with E-state index in [0.29, 0.717) is 16.7 Å². The van der Waals surface area contributed by atoms with Gasteiger partial charge in [0.25, 0.3) is 10.1 Å². The smallest absolute Gasteiger partial charge is 0.344 e. The van der Waals surface area contributed by atoms with Crippen molar-refractivity contribution in [2.75, 3.05) is 18.0 Å². The monoisotopic (exact) mass is 387 g/mol. The molecule has 0 unspecified atom stereocenters. The van der Waals surface area contributed by atoms with Crippen molar-refractivity contribution >= 4 is 26.8 Å². The molecule has 0 aliphatic heterocycles. The highest BCUT2D eigenvalue weighted by Gasteiger charge is 2.16. The van der Waals surface area contributed by atoms with Gasteiger partial charge in [0.2, 0.25) is 0 Å². The molecular weight excluding hydrogens is 366 g/mol. The molecule has 3 aromatic rings. The van der Waals surface area contributed by atoms with Crippen LogP contribution < -0.4 is 10.5 Å². The first-order valence-electron chi connectivity index (χ1n) is 8.66. The molecule has 3 rings (SSSR count). The molecule has 0 amide bonds. The number of rotatable bonds is 5. The fourth-order valence-corrected chi connectivity index (χ4v) is 3.74. The van der Waals surface area contributed by atoms with Crippen LogP contribution >= 0.6 is 0 Å². The van der Waals surface area contributed by atoms with Gasteiger partial charge in [-0.3, -0.25) is 4.55 Å². The minimum Gasteiger partial charge on any atom is -0.422 e. The van der Waals surface area contributed by atoms with Crippen LogP contribution in [0.3, 0.4) is 0 Å². The highest BCUT2D eigenvalue weighted by Crippen LogP contribution is 2.29. The van der Waals surface area contributed by atoms with Crippen LogP contribution in [0.1, 0.15) is 19.4 Å². The van der Waals surface area contributed by atoms with Gasteiger partial charge < -0.3 is 9.32 Å². The molecule has 0 aliphatic rings. The molecule has 0 saturated carbocycles. The maximum Gasteiger partial charge on any atom is 0.344 e. The van der Waals surface area contributed by atoms with Crippen molar-refractivity contribution in [3.8, 4) is 11.1 Å². The van der Waals surface area contributed by atoms with Crippen LogP contribution in [0.25, 0.3) is 22.1 Å². The van der Waals surface area contributed by atoms with Gasteiger partial charge in [-0.2, -0.15) is 8.42 Å². The van der Waals surface area contributed by atoms with Gasteiger partial charge in [0.05, 0.1) is 10.5 Å². The van der Waals surface area contributed by atoms with Gasteiger partial charge in [-0.15, -0.1) is 0 Å². The van der Waals surface area contributed by atoms with Gasteiger partial charge in [-0.1, -0.05) is 12.1 Å². The third kappa shape index (κ3) is 3.61. The molecule has 27 heavy (non-hydrogen) atoms. The lowest BCUT2D eigenvalue weighted by molar-refractivity contribution is 0.483. The summed E-state index contributed by atoms with van der Waals surface area (Å²) in [6.45, 7) is 7.66. The van der Waals surface area contributed by atoms with Crippen molar-refractivity contribution in [3.05, 3.63) is 58.4 Å². The Kier molecular flexibility index (Phi) is 5.08. The molecule has 0 fully saturated rings. The lowest BCUT2D eigenvalue weighted by Crippen LogP contribution is -2.21. The Labute approximate surface area is 157 Å². The lowest BCUT2D eigenvalue weighted by atomic mass is 9.99. The summed E-state index contributed by atoms with van der Waals surface area (Å²) in [5.74, 6) is 0. The number of hydrogen-bond donors (Lipinski definition) is 1. The fraction of sp³-hybridized carbons (Fsp3) is 0.250. The van der Waals surface area contributed by atoms with E-state index in [4.69, 9.17) is 8.97 Å². The van der Waals surface area contributed by atoms with Gasteiger partial charge in [0.15, 0.2) is 0 Å². The number of hydrogen-bond acceptors (Lipinski definition) is 5. The van der Waals surface area contributed by atoms with Crippen molar-refractivity contribution in [2.45, 2.75) is 25.7 Å². The maximum absolute atomic E-state index is 12.6. The maximum atomic E-state index is 12.6. The zero-order chi connectivity index (χ0) is 19.8. The van der Waals surface area contributed by atoms with Crippen LogP contribution in [0.4, 0.5) is 5.69 Å². The summed E-state index contributed by atoms with van der Waals surface area (Å²) in [7, 11) is -4.28. The van der Waals surface area contributed by atoms with Crippen LogP contribution in [0, 0.1) is 6.92 Å². The van der Waals surface area contributed by atoms with Gasteiger partial charge in [0.1, 0.15) is 5.58 Å². The van der Waals surface area contributed by atoms with E-state index in [1.165, 1.54) is 24.3 Å². The van der Waals surface area contributed by atoms with Gasteiger partial charge in [-0.25, -0.2) is 4.79 Å². The molecule has 2 aromatic carbocycles. The zero-order valence-corrected chi connectivity index (χ0v) is 16.2. The molecule has 0 aliphatic carbocycles. The Balaban J connectivity index is 2.15. The van der Waals surface area contributed by atoms with Crippen molar-refractivity contribution in [1.29, 1.82) is 0 Å². The predicted molar refractivity (Wildman–Crippen MR) is 106 cm³/mol. The van der Waals surface area contributed by atoms with Crippen molar-refractivity contribution in [1.82, 2.24) is 0 Å². The van der Waals surface area contributed by atoms with Crippen LogP contribution in [-0.2, 0) is 10.1 Å². The quantitative estimate of drug-likeness (QED) is 0.528. The Morgan fingerprint density at radius 2 is 1.67 bits per heavy atom. The van der Waals surface area contributed by atoms with Crippen LogP contribution in [-0.4, -0.2) is 26.1 Å². The second kappa shape index (κ2) is 7.17. The van der Waals surface area contributed by atoms with Crippen molar-refractivity contribution in [2.24, 2.45) is 0 Å². The summed E-state index contributed by atoms with van der Waals surface area (Å²) in [5.41, 5.74) is 2.67. The zero-order valence-electron chi connectivity index (χ0n) is 15.4. The molecule has 0 bridgehead atoms. The standard InChI is InChI=1S/C20H21NO5S/c1-4-21(5-2)15-8-11-17-13(3)19(20(22)26-18(17)12-15)14-6-9-16(10-7-14)27(23,24)25/h6-12H,4-5H2,1-3H3,(H,23,24,25). The molecule has 6 nitrogen and oxygen atoms in total. The van der Waals surface area contributed by atoms with Gasteiger partial charge >= 0.3 is 5.63 Å². The molecule has 1 N–H and O–H groups in total. The highest BCUT2D eigenvalue weighted by atomic mass is 32.2. The largest absolute Gasteiger partial charge is 0.422 e. The van der Waals surface area contributed by atoms with Crippen molar-refractivity contribution < 1.29 is 17.4 Å². The molecular formula is C20H21NO5S. The number of anilines is 1. The summed E-state index contributed by atoms with van der Waals surface area (Å²) < 4.78 is 37.1. The Bertz CT molecular complexity index is 1140. The van der Waals surface area contributed by atoms with Crippen LogP contribution in [0.15, 0.2) is 56.6 Å². The summed E-state index contributed by atoms with van der Waals surface area (Å²) in [6.07, 6.45) is 0. The van der Waals surface area contributed by atoms with Gasteiger partial charge in [0, 0.05) is 30.2 Å². The summed E-state index contributed by atoms with van der Waals surface area (Å²) in [4.78, 5) is 14.5. The molecule has 7 heteroatoms. The molecule has 142 valence electrons. The van der Waals surface area contributed by atoms with E-state index in [1.807, 2.05) is 25.1 Å². The summed E-state index contributed by atoms with van der Waals surface area (Å²) in [5, 5.41) is 0.819. The SMILES string of the molecule is CCN(CC)c1ccc2c(C)c(-c3ccc(S(=O)(=O)O)cc3)c(=O)oc2c1. The topological polar surface area (TPSA) is 87.8 Å². The average Bonchev–Trinajstić information content (AvgIpc) is 2.62. The van der Waals surface area contributed by atoms with E-state index >= 15 is 0 Å². The minimum atomic E-state index is -4.28. The molecule has 1 aromatic heterocycles. The molecule has 0 saturated heterocycles. The molecule has 0 radical (unpaired) electrons. The first-order valence-corrected chi connectivity index (χ1v) is 10.1. The number of benzene rings is 2. The van der Waals surface area contributed by atoms with E-state index in [1.54, 1.807) is 0 Å². The number of aryl methyl sites for hydroxylation is 1. The molecule has 1 heterocycles. The van der Waals surface area contributed by atoms with Crippen molar-refractivity contribution in [3.63, 3.8) is 0 Å². The lowest BCUT2D eigenvalue weighted by Gasteiger charge is -2.21. The third-order valence-electron chi connectivity index (χ3n) is 4.72.